The van der Waals surface area contributed by atoms with Gasteiger partial charge in [0, 0.05) is 25.3 Å². The highest BCUT2D eigenvalue weighted by Crippen LogP contribution is 2.29. The van der Waals surface area contributed by atoms with Crippen molar-refractivity contribution >= 4 is 0 Å². The number of rotatable bonds is 6. The van der Waals surface area contributed by atoms with Crippen LogP contribution >= 0.6 is 0 Å². The molecule has 1 fully saturated rings. The third-order valence-corrected chi connectivity index (χ3v) is 3.49. The first-order valence-electron chi connectivity index (χ1n) is 6.48. The molecule has 1 saturated carbocycles. The molecule has 0 amide bonds. The second kappa shape index (κ2) is 5.48. The highest BCUT2D eigenvalue weighted by Gasteiger charge is 2.17. The first-order chi connectivity index (χ1) is 7.75. The Hall–Kier alpha value is -0.830. The SMILES string of the molecule is CC(C)NCc1cncn1CCC1CCC1. The fourth-order valence-corrected chi connectivity index (χ4v) is 2.11. The number of aromatic nitrogens is 2. The maximum atomic E-state index is 4.24. The molecule has 90 valence electrons. The molecule has 0 saturated heterocycles. The molecule has 16 heavy (non-hydrogen) atoms. The number of imidazole rings is 1. The summed E-state index contributed by atoms with van der Waals surface area (Å²) in [6.45, 7) is 6.42. The van der Waals surface area contributed by atoms with E-state index < -0.39 is 0 Å². The third kappa shape index (κ3) is 3.08. The first kappa shape index (κ1) is 11.6. The van der Waals surface area contributed by atoms with Gasteiger partial charge in [-0.3, -0.25) is 0 Å². The van der Waals surface area contributed by atoms with Gasteiger partial charge in [0.25, 0.3) is 0 Å². The predicted molar refractivity (Wildman–Crippen MR) is 66.2 cm³/mol. The van der Waals surface area contributed by atoms with Crippen LogP contribution in [-0.4, -0.2) is 15.6 Å². The summed E-state index contributed by atoms with van der Waals surface area (Å²) in [5, 5.41) is 3.44. The number of hydrogen-bond donors (Lipinski definition) is 1. The number of hydrogen-bond acceptors (Lipinski definition) is 2. The van der Waals surface area contributed by atoms with Crippen LogP contribution in [0.25, 0.3) is 0 Å². The van der Waals surface area contributed by atoms with Gasteiger partial charge < -0.3 is 9.88 Å². The average Bonchev–Trinajstić information content (AvgIpc) is 2.60. The molecular formula is C13H23N3. The maximum absolute atomic E-state index is 4.24. The molecule has 0 aliphatic heterocycles. The summed E-state index contributed by atoms with van der Waals surface area (Å²) >= 11 is 0. The van der Waals surface area contributed by atoms with Crippen molar-refractivity contribution < 1.29 is 0 Å². The lowest BCUT2D eigenvalue weighted by atomic mass is 9.83. The zero-order valence-electron chi connectivity index (χ0n) is 10.4. The molecule has 0 spiro atoms. The normalized spacial score (nSPS) is 16.7. The van der Waals surface area contributed by atoms with Crippen LogP contribution in [0.2, 0.25) is 0 Å². The standard InChI is InChI=1S/C13H23N3/c1-11(2)15-9-13-8-14-10-16(13)7-6-12-4-3-5-12/h8,10-12,15H,3-7,9H2,1-2H3. The van der Waals surface area contributed by atoms with Gasteiger partial charge in [-0.1, -0.05) is 33.1 Å². The van der Waals surface area contributed by atoms with Crippen molar-refractivity contribution in [1.29, 1.82) is 0 Å². The molecule has 1 aromatic heterocycles. The van der Waals surface area contributed by atoms with E-state index in [-0.39, 0.29) is 0 Å². The van der Waals surface area contributed by atoms with Crippen molar-refractivity contribution in [2.75, 3.05) is 0 Å². The zero-order chi connectivity index (χ0) is 11.4. The van der Waals surface area contributed by atoms with Crippen LogP contribution in [0.1, 0.15) is 45.2 Å². The largest absolute Gasteiger partial charge is 0.333 e. The van der Waals surface area contributed by atoms with E-state index in [1.165, 1.54) is 31.4 Å². The highest BCUT2D eigenvalue weighted by molar-refractivity contribution is 4.98. The molecule has 3 nitrogen and oxygen atoms in total. The van der Waals surface area contributed by atoms with Gasteiger partial charge in [0.1, 0.15) is 0 Å². The predicted octanol–water partition coefficient (Wildman–Crippen LogP) is 2.57. The molecule has 2 rings (SSSR count). The van der Waals surface area contributed by atoms with Crippen molar-refractivity contribution in [1.82, 2.24) is 14.9 Å². The highest BCUT2D eigenvalue weighted by atomic mass is 15.1. The van der Waals surface area contributed by atoms with E-state index in [1.54, 1.807) is 0 Å². The molecule has 1 heterocycles. The smallest absolute Gasteiger partial charge is 0.0948 e. The van der Waals surface area contributed by atoms with Crippen LogP contribution in [0.4, 0.5) is 0 Å². The Labute approximate surface area is 98.3 Å². The minimum absolute atomic E-state index is 0.537. The first-order valence-corrected chi connectivity index (χ1v) is 6.48. The van der Waals surface area contributed by atoms with Crippen molar-refractivity contribution in [2.24, 2.45) is 5.92 Å². The summed E-state index contributed by atoms with van der Waals surface area (Å²) < 4.78 is 2.30. The van der Waals surface area contributed by atoms with Gasteiger partial charge in [-0.15, -0.1) is 0 Å². The van der Waals surface area contributed by atoms with E-state index >= 15 is 0 Å². The molecule has 1 aliphatic rings. The second-order valence-electron chi connectivity index (χ2n) is 5.20. The van der Waals surface area contributed by atoms with Crippen LogP contribution in [0, 0.1) is 5.92 Å². The zero-order valence-corrected chi connectivity index (χ0v) is 10.4. The quantitative estimate of drug-likeness (QED) is 0.800. The van der Waals surface area contributed by atoms with Crippen molar-refractivity contribution in [2.45, 2.75) is 58.7 Å². The summed E-state index contributed by atoms with van der Waals surface area (Å²) in [6, 6.07) is 0.537. The summed E-state index contributed by atoms with van der Waals surface area (Å²) in [5.41, 5.74) is 1.31. The van der Waals surface area contributed by atoms with E-state index in [0.29, 0.717) is 6.04 Å². The van der Waals surface area contributed by atoms with Crippen molar-refractivity contribution in [3.8, 4) is 0 Å². The van der Waals surface area contributed by atoms with E-state index in [4.69, 9.17) is 0 Å². The van der Waals surface area contributed by atoms with Gasteiger partial charge in [-0.25, -0.2) is 4.98 Å². The minimum atomic E-state index is 0.537. The monoisotopic (exact) mass is 221 g/mol. The molecule has 0 radical (unpaired) electrons. The molecular weight excluding hydrogens is 198 g/mol. The van der Waals surface area contributed by atoms with E-state index in [2.05, 4.69) is 28.7 Å². The summed E-state index contributed by atoms with van der Waals surface area (Å²) in [6.07, 6.45) is 9.59. The number of nitrogens with one attached hydrogen (secondary N) is 1. The van der Waals surface area contributed by atoms with E-state index in [0.717, 1.165) is 19.0 Å². The maximum Gasteiger partial charge on any atom is 0.0948 e. The van der Waals surface area contributed by atoms with E-state index in [1.807, 2.05) is 12.5 Å². The van der Waals surface area contributed by atoms with Gasteiger partial charge in [0.05, 0.1) is 12.0 Å². The second-order valence-corrected chi connectivity index (χ2v) is 5.20. The third-order valence-electron chi connectivity index (χ3n) is 3.49. The van der Waals surface area contributed by atoms with Gasteiger partial charge in [-0.05, 0) is 12.3 Å². The lowest BCUT2D eigenvalue weighted by Gasteiger charge is -2.25. The van der Waals surface area contributed by atoms with Crippen LogP contribution in [0.5, 0.6) is 0 Å². The van der Waals surface area contributed by atoms with Gasteiger partial charge in [-0.2, -0.15) is 0 Å². The van der Waals surface area contributed by atoms with Crippen molar-refractivity contribution in [3.63, 3.8) is 0 Å². The molecule has 0 atom stereocenters. The number of aryl methyl sites for hydroxylation is 1. The van der Waals surface area contributed by atoms with Crippen LogP contribution < -0.4 is 5.32 Å². The topological polar surface area (TPSA) is 29.9 Å². The Balaban J connectivity index is 1.80. The Kier molecular flexibility index (Phi) is 3.99. The fourth-order valence-electron chi connectivity index (χ4n) is 2.11. The van der Waals surface area contributed by atoms with Gasteiger partial charge in [0.15, 0.2) is 0 Å². The Morgan fingerprint density at radius 1 is 1.50 bits per heavy atom. The van der Waals surface area contributed by atoms with Crippen molar-refractivity contribution in [3.05, 3.63) is 18.2 Å². The lowest BCUT2D eigenvalue weighted by molar-refractivity contribution is 0.281. The summed E-state index contributed by atoms with van der Waals surface area (Å²) in [5.74, 6) is 0.980. The summed E-state index contributed by atoms with van der Waals surface area (Å²) in [7, 11) is 0. The Morgan fingerprint density at radius 3 is 2.94 bits per heavy atom. The average molecular weight is 221 g/mol. The molecule has 0 aromatic carbocycles. The van der Waals surface area contributed by atoms with Crippen LogP contribution in [0.15, 0.2) is 12.5 Å². The molecule has 0 bridgehead atoms. The van der Waals surface area contributed by atoms with Gasteiger partial charge >= 0.3 is 0 Å². The Morgan fingerprint density at radius 2 is 2.31 bits per heavy atom. The van der Waals surface area contributed by atoms with Crippen LogP contribution in [-0.2, 0) is 13.1 Å². The molecule has 1 N–H and O–H groups in total. The molecule has 0 unspecified atom stereocenters. The molecule has 1 aliphatic carbocycles. The fraction of sp³-hybridized carbons (Fsp3) is 0.769. The molecule has 3 heteroatoms. The minimum Gasteiger partial charge on any atom is -0.333 e. The van der Waals surface area contributed by atoms with Gasteiger partial charge in [0.2, 0.25) is 0 Å². The Bertz CT molecular complexity index is 313. The lowest BCUT2D eigenvalue weighted by Crippen LogP contribution is -2.23. The van der Waals surface area contributed by atoms with E-state index in [9.17, 15) is 0 Å². The van der Waals surface area contributed by atoms with Crippen LogP contribution in [0.3, 0.4) is 0 Å². The number of nitrogens with zero attached hydrogens (tertiary/aromatic N) is 2. The molecule has 1 aromatic rings. The summed E-state index contributed by atoms with van der Waals surface area (Å²) in [4.78, 5) is 4.24.